The first-order chi connectivity index (χ1) is 13.2. The van der Waals surface area contributed by atoms with Crippen LogP contribution in [0, 0.1) is 0 Å². The predicted molar refractivity (Wildman–Crippen MR) is 124 cm³/mol. The van der Waals surface area contributed by atoms with E-state index in [4.69, 9.17) is 0 Å². The van der Waals surface area contributed by atoms with Gasteiger partial charge in [-0.2, -0.15) is 0 Å². The van der Waals surface area contributed by atoms with E-state index in [0.717, 1.165) is 70.3 Å². The number of hydrogen-bond acceptors (Lipinski definition) is 4. The molecule has 0 radical (unpaired) electrons. The molecule has 0 unspecified atom stereocenters. The summed E-state index contributed by atoms with van der Waals surface area (Å²) in [6.07, 6.45) is 2.73. The van der Waals surface area contributed by atoms with Crippen LogP contribution in [0.4, 0.5) is 5.69 Å². The first-order valence-electron chi connectivity index (χ1n) is 10.0. The molecule has 8 heteroatoms. The van der Waals surface area contributed by atoms with Gasteiger partial charge in [-0.25, -0.2) is 0 Å². The van der Waals surface area contributed by atoms with Crippen LogP contribution < -0.4 is 10.2 Å². The summed E-state index contributed by atoms with van der Waals surface area (Å²) in [5.74, 6) is 1.42. The molecular formula is C20H32IN5O2. The zero-order chi connectivity index (χ0) is 19.1. The van der Waals surface area contributed by atoms with E-state index in [1.807, 2.05) is 23.1 Å². The Balaban J connectivity index is 0.00000280. The minimum atomic E-state index is 0. The van der Waals surface area contributed by atoms with Crippen molar-refractivity contribution < 1.29 is 9.90 Å². The van der Waals surface area contributed by atoms with Crippen LogP contribution in [0.5, 0.6) is 5.75 Å². The Bertz CT molecular complexity index is 656. The number of amides is 1. The number of nitrogens with one attached hydrogen (secondary N) is 1. The van der Waals surface area contributed by atoms with Crippen LogP contribution in [0.15, 0.2) is 29.3 Å². The minimum absolute atomic E-state index is 0. The third kappa shape index (κ3) is 5.89. The number of aliphatic imine (C=N–C) groups is 1. The first kappa shape index (κ1) is 22.6. The van der Waals surface area contributed by atoms with E-state index in [1.165, 1.54) is 0 Å². The van der Waals surface area contributed by atoms with Crippen molar-refractivity contribution in [1.29, 1.82) is 0 Å². The summed E-state index contributed by atoms with van der Waals surface area (Å²) < 4.78 is 0. The number of aromatic hydroxyl groups is 1. The number of halogens is 1. The van der Waals surface area contributed by atoms with Crippen molar-refractivity contribution in [2.45, 2.75) is 26.2 Å². The number of carbonyl (C=O) groups excluding carboxylic acids is 1. The smallest absolute Gasteiger partial charge is 0.224 e. The summed E-state index contributed by atoms with van der Waals surface area (Å²) in [5.41, 5.74) is 0.885. The zero-order valence-corrected chi connectivity index (χ0v) is 19.0. The Kier molecular flexibility index (Phi) is 9.14. The molecule has 2 heterocycles. The molecule has 156 valence electrons. The van der Waals surface area contributed by atoms with E-state index in [1.54, 1.807) is 6.07 Å². The number of phenols is 1. The van der Waals surface area contributed by atoms with Gasteiger partial charge in [0.2, 0.25) is 5.91 Å². The van der Waals surface area contributed by atoms with E-state index < -0.39 is 0 Å². The number of rotatable bonds is 5. The molecule has 7 nitrogen and oxygen atoms in total. The van der Waals surface area contributed by atoms with Gasteiger partial charge in [0, 0.05) is 52.2 Å². The molecular weight excluding hydrogens is 469 g/mol. The topological polar surface area (TPSA) is 71.4 Å². The Morgan fingerprint density at radius 2 is 1.75 bits per heavy atom. The summed E-state index contributed by atoms with van der Waals surface area (Å²) in [6.45, 7) is 8.51. The minimum Gasteiger partial charge on any atom is -0.506 e. The SMILES string of the molecule is CCNC(=NCCC(=O)N1CCCC1)N1CCN(c2ccccc2O)CC1.I. The van der Waals surface area contributed by atoms with E-state index in [0.29, 0.717) is 18.7 Å². The lowest BCUT2D eigenvalue weighted by atomic mass is 10.2. The molecule has 1 amide bonds. The van der Waals surface area contributed by atoms with E-state index in [2.05, 4.69) is 27.0 Å². The highest BCUT2D eigenvalue weighted by atomic mass is 127. The van der Waals surface area contributed by atoms with Gasteiger partial charge in [-0.15, -0.1) is 24.0 Å². The average molecular weight is 501 g/mol. The molecule has 0 bridgehead atoms. The Morgan fingerprint density at radius 3 is 2.39 bits per heavy atom. The molecule has 1 aromatic carbocycles. The number of guanidine groups is 1. The van der Waals surface area contributed by atoms with Crippen LogP contribution in [-0.2, 0) is 4.79 Å². The van der Waals surface area contributed by atoms with Crippen molar-refractivity contribution in [1.82, 2.24) is 15.1 Å². The average Bonchev–Trinajstić information content (AvgIpc) is 3.23. The number of anilines is 1. The second-order valence-electron chi connectivity index (χ2n) is 7.04. The van der Waals surface area contributed by atoms with Gasteiger partial charge < -0.3 is 25.1 Å². The maximum atomic E-state index is 12.2. The molecule has 1 aromatic rings. The molecule has 3 rings (SSSR count). The van der Waals surface area contributed by atoms with Gasteiger partial charge in [0.25, 0.3) is 0 Å². The molecule has 0 spiro atoms. The molecule has 2 fully saturated rings. The second-order valence-corrected chi connectivity index (χ2v) is 7.04. The summed E-state index contributed by atoms with van der Waals surface area (Å²) in [6, 6.07) is 7.47. The van der Waals surface area contributed by atoms with Crippen molar-refractivity contribution in [2.24, 2.45) is 4.99 Å². The van der Waals surface area contributed by atoms with Gasteiger partial charge in [0.1, 0.15) is 5.75 Å². The van der Waals surface area contributed by atoms with Gasteiger partial charge in [-0.3, -0.25) is 9.79 Å². The number of phenolic OH excluding ortho intramolecular Hbond substituents is 1. The van der Waals surface area contributed by atoms with Crippen LogP contribution in [0.25, 0.3) is 0 Å². The fourth-order valence-electron chi connectivity index (χ4n) is 3.70. The molecule has 0 aliphatic carbocycles. The summed E-state index contributed by atoms with van der Waals surface area (Å²) in [5, 5.41) is 13.4. The number of nitrogens with zero attached hydrogens (tertiary/aromatic N) is 4. The lowest BCUT2D eigenvalue weighted by Crippen LogP contribution is -2.52. The second kappa shape index (κ2) is 11.3. The number of likely N-dealkylation sites (tertiary alicyclic amines) is 1. The van der Waals surface area contributed by atoms with Crippen molar-refractivity contribution in [2.75, 3.05) is 57.3 Å². The van der Waals surface area contributed by atoms with Gasteiger partial charge in [0.15, 0.2) is 5.96 Å². The number of benzene rings is 1. The summed E-state index contributed by atoms with van der Waals surface area (Å²) in [7, 11) is 0. The third-order valence-corrected chi connectivity index (χ3v) is 5.18. The molecule has 2 saturated heterocycles. The fourth-order valence-corrected chi connectivity index (χ4v) is 3.70. The maximum absolute atomic E-state index is 12.2. The molecule has 2 aliphatic rings. The molecule has 2 aliphatic heterocycles. The first-order valence-corrected chi connectivity index (χ1v) is 10.0. The van der Waals surface area contributed by atoms with E-state index in [9.17, 15) is 9.90 Å². The Hall–Kier alpha value is -1.71. The highest BCUT2D eigenvalue weighted by Crippen LogP contribution is 2.27. The van der Waals surface area contributed by atoms with Crippen molar-refractivity contribution >= 4 is 41.5 Å². The summed E-state index contributed by atoms with van der Waals surface area (Å²) in [4.78, 5) is 23.3. The van der Waals surface area contributed by atoms with E-state index >= 15 is 0 Å². The predicted octanol–water partition coefficient (Wildman–Crippen LogP) is 2.11. The highest BCUT2D eigenvalue weighted by Gasteiger charge is 2.22. The Labute approximate surface area is 184 Å². The number of piperazine rings is 1. The van der Waals surface area contributed by atoms with Crippen molar-refractivity contribution in [3.63, 3.8) is 0 Å². The zero-order valence-electron chi connectivity index (χ0n) is 16.6. The van der Waals surface area contributed by atoms with Crippen LogP contribution in [0.3, 0.4) is 0 Å². The molecule has 0 aromatic heterocycles. The van der Waals surface area contributed by atoms with Crippen molar-refractivity contribution in [3.8, 4) is 5.75 Å². The molecule has 28 heavy (non-hydrogen) atoms. The number of para-hydroxylation sites is 2. The highest BCUT2D eigenvalue weighted by molar-refractivity contribution is 14.0. The van der Waals surface area contributed by atoms with Crippen LogP contribution in [0.2, 0.25) is 0 Å². The number of carbonyl (C=O) groups is 1. The Morgan fingerprint density at radius 1 is 1.07 bits per heavy atom. The van der Waals surface area contributed by atoms with Gasteiger partial charge in [0.05, 0.1) is 12.2 Å². The molecule has 0 atom stereocenters. The summed E-state index contributed by atoms with van der Waals surface area (Å²) >= 11 is 0. The van der Waals surface area contributed by atoms with Crippen molar-refractivity contribution in [3.05, 3.63) is 24.3 Å². The normalized spacial score (nSPS) is 17.5. The standard InChI is InChI=1S/C20H31N5O2.HI/c1-2-21-20(22-10-9-19(27)24-11-5-6-12-24)25-15-13-23(14-16-25)17-7-3-4-8-18(17)26;/h3-4,7-8,26H,2,5-6,9-16H2,1H3,(H,21,22);1H. The molecule has 2 N–H and O–H groups in total. The van der Waals surface area contributed by atoms with Gasteiger partial charge >= 0.3 is 0 Å². The van der Waals surface area contributed by atoms with E-state index in [-0.39, 0.29) is 29.9 Å². The van der Waals surface area contributed by atoms with Crippen LogP contribution >= 0.6 is 24.0 Å². The monoisotopic (exact) mass is 501 g/mol. The van der Waals surface area contributed by atoms with Crippen LogP contribution in [-0.4, -0.2) is 79.1 Å². The largest absolute Gasteiger partial charge is 0.506 e. The lowest BCUT2D eigenvalue weighted by molar-refractivity contribution is -0.129. The van der Waals surface area contributed by atoms with Gasteiger partial charge in [-0.1, -0.05) is 12.1 Å². The molecule has 0 saturated carbocycles. The van der Waals surface area contributed by atoms with Gasteiger partial charge in [-0.05, 0) is 31.9 Å². The number of hydrogen-bond donors (Lipinski definition) is 2. The fraction of sp³-hybridized carbons (Fsp3) is 0.600. The quantitative estimate of drug-likeness (QED) is 0.368. The lowest BCUT2D eigenvalue weighted by Gasteiger charge is -2.37. The third-order valence-electron chi connectivity index (χ3n) is 5.18. The van der Waals surface area contributed by atoms with Crippen LogP contribution in [0.1, 0.15) is 26.2 Å². The maximum Gasteiger partial charge on any atom is 0.224 e.